The predicted octanol–water partition coefficient (Wildman–Crippen LogP) is -0.101. The number of nitrogens with two attached hydrogens (primary N) is 1. The Morgan fingerprint density at radius 1 is 1.59 bits per heavy atom. The minimum Gasteiger partial charge on any atom is -0.481 e. The van der Waals surface area contributed by atoms with Crippen molar-refractivity contribution < 1.29 is 19.4 Å². The van der Waals surface area contributed by atoms with Crippen LogP contribution in [0, 0.1) is 5.92 Å². The predicted molar refractivity (Wildman–Crippen MR) is 57.4 cm³/mol. The van der Waals surface area contributed by atoms with Gasteiger partial charge >= 0.3 is 11.9 Å². The van der Waals surface area contributed by atoms with Crippen LogP contribution in [0.2, 0.25) is 0 Å². The molecule has 0 amide bonds. The number of methoxy groups -OCH3 is 1. The van der Waals surface area contributed by atoms with Gasteiger partial charge in [0.2, 0.25) is 0 Å². The van der Waals surface area contributed by atoms with E-state index in [0.29, 0.717) is 18.7 Å². The number of anilines is 1. The van der Waals surface area contributed by atoms with Crippen LogP contribution in [0.25, 0.3) is 0 Å². The normalized spacial score (nSPS) is 18.5. The number of aromatic nitrogens is 2. The molecule has 1 aromatic heterocycles. The molecule has 0 saturated carbocycles. The Balaban J connectivity index is 2.41. The van der Waals surface area contributed by atoms with E-state index in [1.807, 2.05) is 0 Å². The molecule has 1 aliphatic rings. The smallest absolute Gasteiger partial charge is 0.358 e. The summed E-state index contributed by atoms with van der Waals surface area (Å²) in [4.78, 5) is 26.5. The molecule has 3 N–H and O–H groups in total. The first-order valence-corrected chi connectivity index (χ1v) is 5.20. The molecule has 2 heterocycles. The van der Waals surface area contributed by atoms with Gasteiger partial charge in [0.15, 0.2) is 11.5 Å². The van der Waals surface area contributed by atoms with Gasteiger partial charge in [0.25, 0.3) is 0 Å². The van der Waals surface area contributed by atoms with Crippen LogP contribution >= 0.6 is 0 Å². The fraction of sp³-hybridized carbons (Fsp3) is 0.500. The Kier molecular flexibility index (Phi) is 2.74. The number of aliphatic carboxylic acids is 1. The summed E-state index contributed by atoms with van der Waals surface area (Å²) in [5.41, 5.74) is 5.79. The van der Waals surface area contributed by atoms with Crippen molar-refractivity contribution in [1.82, 2.24) is 9.55 Å². The summed E-state index contributed by atoms with van der Waals surface area (Å²) in [7, 11) is 1.25. The van der Waals surface area contributed by atoms with E-state index < -0.39 is 17.9 Å². The topological polar surface area (TPSA) is 107 Å². The van der Waals surface area contributed by atoms with Gasteiger partial charge in [-0.05, 0) is 6.42 Å². The Morgan fingerprint density at radius 3 is 2.88 bits per heavy atom. The first kappa shape index (κ1) is 11.4. The number of fused-ring (bicyclic) bond motifs is 1. The molecule has 0 aromatic carbocycles. The summed E-state index contributed by atoms with van der Waals surface area (Å²) >= 11 is 0. The van der Waals surface area contributed by atoms with E-state index in [4.69, 9.17) is 10.8 Å². The summed E-state index contributed by atoms with van der Waals surface area (Å²) < 4.78 is 6.16. The number of nitrogen functional groups attached to an aromatic ring is 1. The molecule has 0 fully saturated rings. The maximum absolute atomic E-state index is 11.5. The highest BCUT2D eigenvalue weighted by atomic mass is 16.5. The molecule has 1 atom stereocenters. The molecule has 92 valence electrons. The third-order valence-corrected chi connectivity index (χ3v) is 2.92. The molecule has 0 bridgehead atoms. The maximum Gasteiger partial charge on any atom is 0.358 e. The molecule has 0 radical (unpaired) electrons. The molecular weight excluding hydrogens is 226 g/mol. The lowest BCUT2D eigenvalue weighted by molar-refractivity contribution is -0.142. The van der Waals surface area contributed by atoms with Gasteiger partial charge in [-0.2, -0.15) is 0 Å². The van der Waals surface area contributed by atoms with Crippen molar-refractivity contribution in [3.05, 3.63) is 11.5 Å². The standard InChI is InChI=1S/C10H13N3O4/c1-17-10(16)7-8(11)12-6-3-2-5(9(14)15)4-13(6)7/h5H,2-4,11H2,1H3,(H,14,15). The quantitative estimate of drug-likeness (QED) is 0.698. The van der Waals surface area contributed by atoms with Crippen LogP contribution < -0.4 is 5.73 Å². The molecular formula is C10H13N3O4. The highest BCUT2D eigenvalue weighted by Crippen LogP contribution is 2.25. The lowest BCUT2D eigenvalue weighted by Crippen LogP contribution is -2.28. The van der Waals surface area contributed by atoms with E-state index in [1.165, 1.54) is 7.11 Å². The van der Waals surface area contributed by atoms with E-state index in [9.17, 15) is 9.59 Å². The minimum atomic E-state index is -0.876. The van der Waals surface area contributed by atoms with Crippen molar-refractivity contribution in [2.24, 2.45) is 5.92 Å². The van der Waals surface area contributed by atoms with E-state index in [1.54, 1.807) is 4.57 Å². The second-order valence-corrected chi connectivity index (χ2v) is 3.94. The number of nitrogens with zero attached hydrogens (tertiary/aromatic N) is 2. The van der Waals surface area contributed by atoms with Crippen molar-refractivity contribution in [2.75, 3.05) is 12.8 Å². The van der Waals surface area contributed by atoms with Crippen LogP contribution in [-0.4, -0.2) is 33.7 Å². The van der Waals surface area contributed by atoms with E-state index in [2.05, 4.69) is 9.72 Å². The summed E-state index contributed by atoms with van der Waals surface area (Å²) in [5, 5.41) is 8.98. The average molecular weight is 239 g/mol. The Bertz CT molecular complexity index is 480. The van der Waals surface area contributed by atoms with Crippen molar-refractivity contribution in [2.45, 2.75) is 19.4 Å². The molecule has 0 aliphatic carbocycles. The number of carboxylic acid groups (broad SMARTS) is 1. The largest absolute Gasteiger partial charge is 0.481 e. The van der Waals surface area contributed by atoms with E-state index in [-0.39, 0.29) is 18.1 Å². The Hall–Kier alpha value is -2.05. The van der Waals surface area contributed by atoms with E-state index >= 15 is 0 Å². The molecule has 1 aromatic rings. The van der Waals surface area contributed by atoms with Crippen LogP contribution in [0.4, 0.5) is 5.82 Å². The van der Waals surface area contributed by atoms with Crippen LogP contribution in [-0.2, 0) is 22.5 Å². The summed E-state index contributed by atoms with van der Waals surface area (Å²) in [6, 6.07) is 0. The van der Waals surface area contributed by atoms with Gasteiger partial charge in [0.05, 0.1) is 13.0 Å². The van der Waals surface area contributed by atoms with Crippen LogP contribution in [0.5, 0.6) is 0 Å². The number of rotatable bonds is 2. The zero-order valence-corrected chi connectivity index (χ0v) is 9.34. The second-order valence-electron chi connectivity index (χ2n) is 3.94. The van der Waals surface area contributed by atoms with Crippen molar-refractivity contribution >= 4 is 17.8 Å². The van der Waals surface area contributed by atoms with Crippen molar-refractivity contribution in [3.63, 3.8) is 0 Å². The molecule has 0 spiro atoms. The van der Waals surface area contributed by atoms with E-state index in [0.717, 1.165) is 0 Å². The average Bonchev–Trinajstić information content (AvgIpc) is 2.62. The molecule has 7 heteroatoms. The lowest BCUT2D eigenvalue weighted by Gasteiger charge is -2.21. The van der Waals surface area contributed by atoms with Gasteiger partial charge in [0, 0.05) is 13.0 Å². The third-order valence-electron chi connectivity index (χ3n) is 2.92. The first-order chi connectivity index (χ1) is 8.04. The number of hydrogen-bond acceptors (Lipinski definition) is 5. The third kappa shape index (κ3) is 1.83. The SMILES string of the molecule is COC(=O)c1c(N)nc2n1CC(C(=O)O)CC2. The highest BCUT2D eigenvalue weighted by molar-refractivity contribution is 5.92. The van der Waals surface area contributed by atoms with Gasteiger partial charge in [-0.1, -0.05) is 0 Å². The first-order valence-electron chi connectivity index (χ1n) is 5.20. The van der Waals surface area contributed by atoms with Crippen LogP contribution in [0.3, 0.4) is 0 Å². The zero-order chi connectivity index (χ0) is 12.6. The zero-order valence-electron chi connectivity index (χ0n) is 9.34. The fourth-order valence-corrected chi connectivity index (χ4v) is 2.04. The van der Waals surface area contributed by atoms with Gasteiger partial charge in [-0.15, -0.1) is 0 Å². The maximum atomic E-state index is 11.5. The van der Waals surface area contributed by atoms with Crippen LogP contribution in [0.1, 0.15) is 22.7 Å². The van der Waals surface area contributed by atoms with Crippen molar-refractivity contribution in [3.8, 4) is 0 Å². The summed E-state index contributed by atoms with van der Waals surface area (Å²) in [6.07, 6.45) is 1.00. The highest BCUT2D eigenvalue weighted by Gasteiger charge is 2.30. The molecule has 17 heavy (non-hydrogen) atoms. The van der Waals surface area contributed by atoms with Gasteiger partial charge < -0.3 is 20.1 Å². The summed E-state index contributed by atoms with van der Waals surface area (Å²) in [6.45, 7) is 0.208. The number of carbonyl (C=O) groups excluding carboxylic acids is 1. The minimum absolute atomic E-state index is 0.0953. The van der Waals surface area contributed by atoms with Crippen LogP contribution in [0.15, 0.2) is 0 Å². The molecule has 1 unspecified atom stereocenters. The monoisotopic (exact) mass is 239 g/mol. The number of imidazole rings is 1. The molecule has 2 rings (SSSR count). The number of carbonyl (C=O) groups is 2. The van der Waals surface area contributed by atoms with Gasteiger partial charge in [-0.25, -0.2) is 9.78 Å². The Labute approximate surface area is 97.2 Å². The number of ether oxygens (including phenoxy) is 1. The molecule has 0 saturated heterocycles. The Morgan fingerprint density at radius 2 is 2.29 bits per heavy atom. The molecule has 7 nitrogen and oxygen atoms in total. The van der Waals surface area contributed by atoms with Gasteiger partial charge in [-0.3, -0.25) is 4.79 Å². The molecule has 1 aliphatic heterocycles. The number of carboxylic acids is 1. The summed E-state index contributed by atoms with van der Waals surface area (Å²) in [5.74, 6) is -1.25. The van der Waals surface area contributed by atoms with Crippen molar-refractivity contribution in [1.29, 1.82) is 0 Å². The fourth-order valence-electron chi connectivity index (χ4n) is 2.04. The second kappa shape index (κ2) is 4.08. The number of hydrogen-bond donors (Lipinski definition) is 2. The van der Waals surface area contributed by atoms with Gasteiger partial charge in [0.1, 0.15) is 5.82 Å². The number of esters is 1. The lowest BCUT2D eigenvalue weighted by atomic mass is 9.99. The number of aryl methyl sites for hydroxylation is 1.